The molecule has 3 aromatic rings. The minimum absolute atomic E-state index is 0.0199. The first-order chi connectivity index (χ1) is 14.4. The molecule has 0 bridgehead atoms. The van der Waals surface area contributed by atoms with Crippen molar-refractivity contribution in [3.63, 3.8) is 0 Å². The summed E-state index contributed by atoms with van der Waals surface area (Å²) in [5.41, 5.74) is 1.81. The van der Waals surface area contributed by atoms with Crippen LogP contribution in [0.4, 0.5) is 13.2 Å². The van der Waals surface area contributed by atoms with Crippen LogP contribution in [-0.2, 0) is 24.6 Å². The lowest BCUT2D eigenvalue weighted by Gasteiger charge is -2.33. The van der Waals surface area contributed by atoms with Gasteiger partial charge >= 0.3 is 6.18 Å². The van der Waals surface area contributed by atoms with Crippen molar-refractivity contribution in [1.82, 2.24) is 20.3 Å². The van der Waals surface area contributed by atoms with Crippen LogP contribution in [0, 0.1) is 0 Å². The van der Waals surface area contributed by atoms with Gasteiger partial charge in [-0.1, -0.05) is 35.5 Å². The van der Waals surface area contributed by atoms with Gasteiger partial charge in [-0.25, -0.2) is 4.68 Å². The second-order valence-electron chi connectivity index (χ2n) is 7.49. The van der Waals surface area contributed by atoms with Crippen LogP contribution in [0.5, 0.6) is 0 Å². The third-order valence-corrected chi connectivity index (χ3v) is 5.35. The second kappa shape index (κ2) is 8.57. The Morgan fingerprint density at radius 1 is 1.17 bits per heavy atom. The number of ether oxygens (including phenoxy) is 1. The molecule has 0 saturated carbocycles. The molecule has 1 fully saturated rings. The van der Waals surface area contributed by atoms with Crippen LogP contribution in [0.25, 0.3) is 11.3 Å². The van der Waals surface area contributed by atoms with Crippen molar-refractivity contribution in [3.05, 3.63) is 71.4 Å². The van der Waals surface area contributed by atoms with E-state index < -0.39 is 11.7 Å². The summed E-state index contributed by atoms with van der Waals surface area (Å²) in [4.78, 5) is 0. The van der Waals surface area contributed by atoms with Crippen LogP contribution < -0.4 is 5.32 Å². The van der Waals surface area contributed by atoms with E-state index in [1.54, 1.807) is 13.1 Å². The van der Waals surface area contributed by atoms with Gasteiger partial charge in [0, 0.05) is 12.6 Å². The highest BCUT2D eigenvalue weighted by Crippen LogP contribution is 2.34. The number of aryl methyl sites for hydroxylation is 1. The average Bonchev–Trinajstić information content (AvgIpc) is 3.18. The minimum Gasteiger partial charge on any atom is -0.372 e. The molecule has 0 amide bonds. The van der Waals surface area contributed by atoms with Crippen LogP contribution >= 0.6 is 0 Å². The number of hydrogen-bond acceptors (Lipinski definition) is 4. The van der Waals surface area contributed by atoms with E-state index in [1.165, 1.54) is 10.9 Å². The summed E-state index contributed by atoms with van der Waals surface area (Å²) in [5.74, 6) is 0. The zero-order valence-electron chi connectivity index (χ0n) is 16.6. The number of rotatable bonds is 5. The highest BCUT2D eigenvalue weighted by Gasteiger charge is 2.32. The largest absolute Gasteiger partial charge is 0.416 e. The first kappa shape index (κ1) is 20.6. The molecule has 4 rings (SSSR count). The van der Waals surface area contributed by atoms with Crippen molar-refractivity contribution in [2.45, 2.75) is 37.8 Å². The third-order valence-electron chi connectivity index (χ3n) is 5.35. The standard InChI is InChI=1S/C22H23F3N4O/c1-29-19(13-27-28-29)17-10-15(11-18(12-17)22(23,24)25)14-30-20-8-5-9-26-21(20)16-6-3-2-4-7-16/h2-4,6-7,10-13,20-21,26H,5,8-9,14H2,1H3/t20-,21-/m0/s1. The van der Waals surface area contributed by atoms with E-state index in [2.05, 4.69) is 15.6 Å². The Hall–Kier alpha value is -2.71. The van der Waals surface area contributed by atoms with E-state index in [1.807, 2.05) is 30.3 Å². The fourth-order valence-electron chi connectivity index (χ4n) is 3.87. The Labute approximate surface area is 172 Å². The van der Waals surface area contributed by atoms with E-state index in [-0.39, 0.29) is 18.8 Å². The number of nitrogens with zero attached hydrogens (tertiary/aromatic N) is 3. The molecule has 0 radical (unpaired) electrons. The van der Waals surface area contributed by atoms with Gasteiger partial charge in [-0.3, -0.25) is 0 Å². The summed E-state index contributed by atoms with van der Waals surface area (Å²) >= 11 is 0. The summed E-state index contributed by atoms with van der Waals surface area (Å²) in [6.07, 6.45) is -1.30. The van der Waals surface area contributed by atoms with Gasteiger partial charge in [0.25, 0.3) is 0 Å². The molecular weight excluding hydrogens is 393 g/mol. The minimum atomic E-state index is -4.45. The van der Waals surface area contributed by atoms with E-state index >= 15 is 0 Å². The van der Waals surface area contributed by atoms with E-state index in [0.29, 0.717) is 16.8 Å². The van der Waals surface area contributed by atoms with Crippen LogP contribution in [0.1, 0.15) is 35.6 Å². The number of alkyl halides is 3. The highest BCUT2D eigenvalue weighted by atomic mass is 19.4. The topological polar surface area (TPSA) is 52.0 Å². The molecule has 30 heavy (non-hydrogen) atoms. The number of benzene rings is 2. The lowest BCUT2D eigenvalue weighted by molar-refractivity contribution is -0.137. The second-order valence-corrected chi connectivity index (χ2v) is 7.49. The molecule has 1 saturated heterocycles. The van der Waals surface area contributed by atoms with E-state index in [0.717, 1.165) is 37.1 Å². The summed E-state index contributed by atoms with van der Waals surface area (Å²) in [5, 5.41) is 11.1. The Morgan fingerprint density at radius 3 is 2.67 bits per heavy atom. The molecule has 5 nitrogen and oxygen atoms in total. The van der Waals surface area contributed by atoms with Gasteiger partial charge in [0.15, 0.2) is 0 Å². The van der Waals surface area contributed by atoms with Gasteiger partial charge in [-0.2, -0.15) is 13.2 Å². The number of aromatic nitrogens is 3. The maximum Gasteiger partial charge on any atom is 0.416 e. The predicted octanol–water partition coefficient (Wildman–Crippen LogP) is 4.51. The maximum absolute atomic E-state index is 13.5. The molecule has 1 aromatic heterocycles. The number of nitrogens with one attached hydrogen (secondary N) is 1. The van der Waals surface area contributed by atoms with Crippen LogP contribution in [0.3, 0.4) is 0 Å². The van der Waals surface area contributed by atoms with Crippen LogP contribution in [-0.4, -0.2) is 27.6 Å². The van der Waals surface area contributed by atoms with Crippen molar-refractivity contribution in [2.75, 3.05) is 6.54 Å². The number of piperidine rings is 1. The van der Waals surface area contributed by atoms with Crippen molar-refractivity contribution >= 4 is 0 Å². The summed E-state index contributed by atoms with van der Waals surface area (Å²) in [6.45, 7) is 0.985. The smallest absolute Gasteiger partial charge is 0.372 e. The van der Waals surface area contributed by atoms with Gasteiger partial charge in [-0.15, -0.1) is 5.10 Å². The van der Waals surface area contributed by atoms with Gasteiger partial charge < -0.3 is 10.1 Å². The molecule has 158 valence electrons. The van der Waals surface area contributed by atoms with Crippen molar-refractivity contribution in [3.8, 4) is 11.3 Å². The van der Waals surface area contributed by atoms with Crippen LogP contribution in [0.2, 0.25) is 0 Å². The van der Waals surface area contributed by atoms with Gasteiger partial charge in [0.2, 0.25) is 0 Å². The Kier molecular flexibility index (Phi) is 5.87. The van der Waals surface area contributed by atoms with E-state index in [4.69, 9.17) is 4.74 Å². The zero-order valence-corrected chi connectivity index (χ0v) is 16.6. The van der Waals surface area contributed by atoms with Gasteiger partial charge in [-0.05, 0) is 48.7 Å². The molecule has 8 heteroatoms. The fourth-order valence-corrected chi connectivity index (χ4v) is 3.87. The highest BCUT2D eigenvalue weighted by molar-refractivity contribution is 5.61. The van der Waals surface area contributed by atoms with Gasteiger partial charge in [0.1, 0.15) is 0 Å². The predicted molar refractivity (Wildman–Crippen MR) is 106 cm³/mol. The van der Waals surface area contributed by atoms with Crippen molar-refractivity contribution in [2.24, 2.45) is 7.05 Å². The first-order valence-electron chi connectivity index (χ1n) is 9.88. The SMILES string of the molecule is Cn1nncc1-c1cc(CO[C@H]2CCCN[C@H]2c2ccccc2)cc(C(F)(F)F)c1. The number of hydrogen-bond donors (Lipinski definition) is 1. The molecule has 1 aliphatic rings. The van der Waals surface area contributed by atoms with Crippen LogP contribution in [0.15, 0.2) is 54.7 Å². The first-order valence-corrected chi connectivity index (χ1v) is 9.88. The fraction of sp³-hybridized carbons (Fsp3) is 0.364. The normalized spacial score (nSPS) is 19.7. The molecule has 0 spiro atoms. The molecule has 2 aromatic carbocycles. The Bertz CT molecular complexity index is 988. The van der Waals surface area contributed by atoms with Crippen molar-refractivity contribution < 1.29 is 17.9 Å². The summed E-state index contributed by atoms with van der Waals surface area (Å²) in [6, 6.07) is 14.0. The quantitative estimate of drug-likeness (QED) is 0.665. The zero-order chi connectivity index (χ0) is 21.1. The molecule has 2 atom stereocenters. The maximum atomic E-state index is 13.5. The number of halogens is 3. The molecule has 0 unspecified atom stereocenters. The Balaban J connectivity index is 1.58. The monoisotopic (exact) mass is 416 g/mol. The van der Waals surface area contributed by atoms with Crippen molar-refractivity contribution in [1.29, 1.82) is 0 Å². The van der Waals surface area contributed by atoms with E-state index in [9.17, 15) is 13.2 Å². The lowest BCUT2D eigenvalue weighted by atomic mass is 9.94. The molecule has 1 N–H and O–H groups in total. The lowest BCUT2D eigenvalue weighted by Crippen LogP contribution is -2.39. The molecular formula is C22H23F3N4O. The molecule has 2 heterocycles. The molecule has 1 aliphatic heterocycles. The summed E-state index contributed by atoms with van der Waals surface area (Å²) < 4.78 is 48.0. The average molecular weight is 416 g/mol. The van der Waals surface area contributed by atoms with Gasteiger partial charge in [0.05, 0.1) is 36.2 Å². The third kappa shape index (κ3) is 4.55. The molecule has 0 aliphatic carbocycles. The summed E-state index contributed by atoms with van der Waals surface area (Å²) in [7, 11) is 1.65. The Morgan fingerprint density at radius 2 is 1.97 bits per heavy atom.